The smallest absolute Gasteiger partial charge is 0.168 e. The quantitative estimate of drug-likeness (QED) is 0.745. The highest BCUT2D eigenvalue weighted by Gasteiger charge is 2.21. The van der Waals surface area contributed by atoms with Gasteiger partial charge in [0.05, 0.1) is 7.11 Å². The van der Waals surface area contributed by atoms with Crippen molar-refractivity contribution in [2.75, 3.05) is 7.11 Å². The summed E-state index contributed by atoms with van der Waals surface area (Å²) in [6, 6.07) is 3.51. The number of fused-ring (bicyclic) bond motifs is 1. The van der Waals surface area contributed by atoms with Gasteiger partial charge in [-0.3, -0.25) is 0 Å². The predicted octanol–water partition coefficient (Wildman–Crippen LogP) is 2.17. The number of rotatable bonds is 1. The minimum Gasteiger partial charge on any atom is -0.494 e. The second-order valence-corrected chi connectivity index (χ2v) is 3.65. The number of ether oxygens (including phenoxy) is 1. The van der Waals surface area contributed by atoms with Gasteiger partial charge in [-0.1, -0.05) is 6.07 Å². The van der Waals surface area contributed by atoms with E-state index in [2.05, 4.69) is 0 Å². The molecule has 0 unspecified atom stereocenters. The molecule has 0 spiro atoms. The van der Waals surface area contributed by atoms with Crippen LogP contribution in [0.2, 0.25) is 0 Å². The first-order valence-corrected chi connectivity index (χ1v) is 4.85. The first-order valence-electron chi connectivity index (χ1n) is 4.85. The van der Waals surface area contributed by atoms with E-state index >= 15 is 0 Å². The molecule has 0 amide bonds. The van der Waals surface area contributed by atoms with E-state index in [4.69, 9.17) is 10.5 Å². The van der Waals surface area contributed by atoms with E-state index in [0.29, 0.717) is 5.75 Å². The second kappa shape index (κ2) is 3.58. The molecule has 1 atom stereocenters. The van der Waals surface area contributed by atoms with E-state index < -0.39 is 0 Å². The normalized spacial score (nSPS) is 20.4. The van der Waals surface area contributed by atoms with Gasteiger partial charge in [0.2, 0.25) is 0 Å². The lowest BCUT2D eigenvalue weighted by Gasteiger charge is -2.23. The molecule has 0 saturated heterocycles. The summed E-state index contributed by atoms with van der Waals surface area (Å²) in [5.74, 6) is 0.0815. The van der Waals surface area contributed by atoms with Crippen LogP contribution in [0, 0.1) is 5.82 Å². The predicted molar refractivity (Wildman–Crippen MR) is 52.8 cm³/mol. The van der Waals surface area contributed by atoms with Gasteiger partial charge in [-0.25, -0.2) is 4.39 Å². The van der Waals surface area contributed by atoms with Gasteiger partial charge in [-0.15, -0.1) is 0 Å². The zero-order valence-electron chi connectivity index (χ0n) is 8.22. The van der Waals surface area contributed by atoms with Crippen LogP contribution in [0.15, 0.2) is 12.1 Å². The fourth-order valence-corrected chi connectivity index (χ4v) is 2.03. The molecule has 1 aromatic rings. The summed E-state index contributed by atoms with van der Waals surface area (Å²) < 4.78 is 18.7. The summed E-state index contributed by atoms with van der Waals surface area (Å²) in [5, 5.41) is 0. The third kappa shape index (κ3) is 1.38. The molecule has 0 radical (unpaired) electrons. The fourth-order valence-electron chi connectivity index (χ4n) is 2.03. The lowest BCUT2D eigenvalue weighted by atomic mass is 9.88. The Hall–Kier alpha value is -1.09. The molecule has 0 heterocycles. The standard InChI is InChI=1S/C11H14FNO/c1-14-10-6-5-7-8(11(10)12)3-2-4-9(7)13/h5-6,9H,2-4,13H2,1H3/t9-/m1/s1. The van der Waals surface area contributed by atoms with E-state index in [1.165, 1.54) is 7.11 Å². The minimum absolute atomic E-state index is 0.0147. The average Bonchev–Trinajstić information content (AvgIpc) is 2.20. The Morgan fingerprint density at radius 1 is 1.50 bits per heavy atom. The Balaban J connectivity index is 2.52. The molecule has 0 saturated carbocycles. The number of hydrogen-bond donors (Lipinski definition) is 1. The first-order chi connectivity index (χ1) is 6.74. The van der Waals surface area contributed by atoms with E-state index in [1.807, 2.05) is 6.07 Å². The molecule has 76 valence electrons. The molecule has 1 aliphatic carbocycles. The van der Waals surface area contributed by atoms with Crippen molar-refractivity contribution in [1.29, 1.82) is 0 Å². The molecule has 0 aliphatic heterocycles. The van der Waals surface area contributed by atoms with Crippen molar-refractivity contribution in [2.24, 2.45) is 5.73 Å². The maximum absolute atomic E-state index is 13.7. The SMILES string of the molecule is COc1ccc2c(c1F)CCC[C@H]2N. The van der Waals surface area contributed by atoms with Crippen molar-refractivity contribution in [2.45, 2.75) is 25.3 Å². The first kappa shape index (κ1) is 9.46. The second-order valence-electron chi connectivity index (χ2n) is 3.65. The molecule has 0 aromatic heterocycles. The molecular weight excluding hydrogens is 181 g/mol. The molecule has 2 rings (SSSR count). The third-order valence-electron chi connectivity index (χ3n) is 2.81. The zero-order valence-corrected chi connectivity index (χ0v) is 8.22. The van der Waals surface area contributed by atoms with Crippen LogP contribution in [0.5, 0.6) is 5.75 Å². The van der Waals surface area contributed by atoms with Crippen LogP contribution in [0.4, 0.5) is 4.39 Å². The van der Waals surface area contributed by atoms with E-state index in [-0.39, 0.29) is 11.9 Å². The number of nitrogens with two attached hydrogens (primary N) is 1. The Bertz CT molecular complexity index is 351. The lowest BCUT2D eigenvalue weighted by molar-refractivity contribution is 0.380. The molecule has 2 N–H and O–H groups in total. The van der Waals surface area contributed by atoms with Gasteiger partial charge in [0.1, 0.15) is 0 Å². The molecule has 0 fully saturated rings. The topological polar surface area (TPSA) is 35.2 Å². The summed E-state index contributed by atoms with van der Waals surface area (Å²) in [6.45, 7) is 0. The van der Waals surface area contributed by atoms with Crippen molar-refractivity contribution in [3.63, 3.8) is 0 Å². The van der Waals surface area contributed by atoms with Crippen molar-refractivity contribution < 1.29 is 9.13 Å². The largest absolute Gasteiger partial charge is 0.494 e. The number of hydrogen-bond acceptors (Lipinski definition) is 2. The van der Waals surface area contributed by atoms with E-state index in [1.54, 1.807) is 6.07 Å². The summed E-state index contributed by atoms with van der Waals surface area (Å²) in [7, 11) is 1.48. The van der Waals surface area contributed by atoms with E-state index in [9.17, 15) is 4.39 Å². The monoisotopic (exact) mass is 195 g/mol. The van der Waals surface area contributed by atoms with Gasteiger partial charge in [0.25, 0.3) is 0 Å². The van der Waals surface area contributed by atoms with Crippen LogP contribution in [-0.4, -0.2) is 7.11 Å². The van der Waals surface area contributed by atoms with E-state index in [0.717, 1.165) is 30.4 Å². The van der Waals surface area contributed by atoms with Crippen LogP contribution >= 0.6 is 0 Å². The summed E-state index contributed by atoms with van der Waals surface area (Å²) in [6.07, 6.45) is 2.67. The van der Waals surface area contributed by atoms with Crippen LogP contribution < -0.4 is 10.5 Å². The highest BCUT2D eigenvalue weighted by molar-refractivity contribution is 5.40. The van der Waals surface area contributed by atoms with Crippen LogP contribution in [0.25, 0.3) is 0 Å². The summed E-state index contributed by atoms with van der Waals surface area (Å²) in [4.78, 5) is 0. The minimum atomic E-state index is -0.236. The average molecular weight is 195 g/mol. The van der Waals surface area contributed by atoms with Gasteiger partial charge in [-0.05, 0) is 36.5 Å². The Morgan fingerprint density at radius 3 is 3.00 bits per heavy atom. The zero-order chi connectivity index (χ0) is 10.1. The highest BCUT2D eigenvalue weighted by atomic mass is 19.1. The van der Waals surface area contributed by atoms with Gasteiger partial charge < -0.3 is 10.5 Å². The maximum atomic E-state index is 13.7. The highest BCUT2D eigenvalue weighted by Crippen LogP contribution is 2.33. The molecule has 1 aliphatic rings. The van der Waals surface area contributed by atoms with Crippen molar-refractivity contribution in [1.82, 2.24) is 0 Å². The molecule has 3 heteroatoms. The maximum Gasteiger partial charge on any atom is 0.168 e. The van der Waals surface area contributed by atoms with Gasteiger partial charge >= 0.3 is 0 Å². The number of benzene rings is 1. The van der Waals surface area contributed by atoms with Crippen molar-refractivity contribution in [3.05, 3.63) is 29.1 Å². The summed E-state index contributed by atoms with van der Waals surface area (Å²) in [5.41, 5.74) is 7.58. The molecule has 14 heavy (non-hydrogen) atoms. The molecule has 0 bridgehead atoms. The van der Waals surface area contributed by atoms with Crippen LogP contribution in [-0.2, 0) is 6.42 Å². The van der Waals surface area contributed by atoms with Crippen LogP contribution in [0.3, 0.4) is 0 Å². The third-order valence-corrected chi connectivity index (χ3v) is 2.81. The lowest BCUT2D eigenvalue weighted by Crippen LogP contribution is -2.18. The molecule has 2 nitrogen and oxygen atoms in total. The number of halogens is 1. The van der Waals surface area contributed by atoms with Crippen molar-refractivity contribution in [3.8, 4) is 5.75 Å². The van der Waals surface area contributed by atoms with Gasteiger partial charge in [0, 0.05) is 6.04 Å². The Labute approximate surface area is 82.9 Å². The van der Waals surface area contributed by atoms with Gasteiger partial charge in [0.15, 0.2) is 11.6 Å². The number of methoxy groups -OCH3 is 1. The Kier molecular flexibility index (Phi) is 2.42. The fraction of sp³-hybridized carbons (Fsp3) is 0.455. The summed E-state index contributed by atoms with van der Waals surface area (Å²) >= 11 is 0. The molecule has 1 aromatic carbocycles. The van der Waals surface area contributed by atoms with Crippen LogP contribution in [0.1, 0.15) is 30.0 Å². The molecular formula is C11H14FNO. The van der Waals surface area contributed by atoms with Gasteiger partial charge in [-0.2, -0.15) is 0 Å². The Morgan fingerprint density at radius 2 is 2.29 bits per heavy atom. The van der Waals surface area contributed by atoms with Crippen molar-refractivity contribution >= 4 is 0 Å².